The molecule has 18 heavy (non-hydrogen) atoms. The molecule has 1 aromatic rings. The maximum atomic E-state index is 5.84. The fourth-order valence-corrected chi connectivity index (χ4v) is 2.69. The summed E-state index contributed by atoms with van der Waals surface area (Å²) >= 11 is 0. The minimum absolute atomic E-state index is 0.803. The Hall–Kier alpha value is -1.02. The van der Waals surface area contributed by atoms with Crippen LogP contribution >= 0.6 is 0 Å². The average Bonchev–Trinajstić information content (AvgIpc) is 3.22. The van der Waals surface area contributed by atoms with E-state index in [1.54, 1.807) is 0 Å². The molecule has 2 fully saturated rings. The molecule has 1 aromatic carbocycles. The molecule has 0 radical (unpaired) electrons. The molecule has 2 heteroatoms. The Morgan fingerprint density at radius 2 is 2.11 bits per heavy atom. The fraction of sp³-hybridized carbons (Fsp3) is 0.625. The topological polar surface area (TPSA) is 21.3 Å². The van der Waals surface area contributed by atoms with Crippen LogP contribution in [0.25, 0.3) is 0 Å². The van der Waals surface area contributed by atoms with Crippen LogP contribution in [0.3, 0.4) is 0 Å². The van der Waals surface area contributed by atoms with Crippen molar-refractivity contribution in [3.8, 4) is 5.75 Å². The van der Waals surface area contributed by atoms with Crippen molar-refractivity contribution in [1.29, 1.82) is 0 Å². The van der Waals surface area contributed by atoms with Gasteiger partial charge in [-0.1, -0.05) is 12.1 Å². The van der Waals surface area contributed by atoms with Crippen molar-refractivity contribution in [2.24, 2.45) is 11.8 Å². The van der Waals surface area contributed by atoms with Crippen LogP contribution in [0, 0.1) is 11.8 Å². The van der Waals surface area contributed by atoms with E-state index in [1.807, 2.05) is 0 Å². The molecule has 0 amide bonds. The molecule has 2 aliphatic rings. The fourth-order valence-electron chi connectivity index (χ4n) is 2.69. The smallest absolute Gasteiger partial charge is 0.119 e. The second-order valence-electron chi connectivity index (χ2n) is 5.82. The largest absolute Gasteiger partial charge is 0.493 e. The van der Waals surface area contributed by atoms with Crippen LogP contribution in [0.1, 0.15) is 31.2 Å². The lowest BCUT2D eigenvalue weighted by Crippen LogP contribution is -2.30. The summed E-state index contributed by atoms with van der Waals surface area (Å²) in [5, 5.41) is 3.49. The van der Waals surface area contributed by atoms with E-state index in [4.69, 9.17) is 4.74 Å². The Bertz CT molecular complexity index is 380. The molecule has 1 saturated carbocycles. The van der Waals surface area contributed by atoms with Crippen LogP contribution in [0.2, 0.25) is 0 Å². The van der Waals surface area contributed by atoms with Gasteiger partial charge in [-0.2, -0.15) is 0 Å². The molecule has 98 valence electrons. The normalized spacial score (nSPS) is 23.9. The number of hydrogen-bond acceptors (Lipinski definition) is 2. The lowest BCUT2D eigenvalue weighted by atomic mass is 9.92. The van der Waals surface area contributed by atoms with Crippen LogP contribution < -0.4 is 10.1 Å². The highest BCUT2D eigenvalue weighted by Crippen LogP contribution is 2.29. The van der Waals surface area contributed by atoms with Crippen LogP contribution in [0.5, 0.6) is 5.75 Å². The lowest BCUT2D eigenvalue weighted by Gasteiger charge is -2.22. The van der Waals surface area contributed by atoms with Gasteiger partial charge in [0.25, 0.3) is 0 Å². The number of ether oxygens (including phenoxy) is 1. The molecule has 0 aromatic heterocycles. The van der Waals surface area contributed by atoms with Crippen molar-refractivity contribution in [3.05, 3.63) is 29.8 Å². The van der Waals surface area contributed by atoms with Crippen molar-refractivity contribution >= 4 is 0 Å². The van der Waals surface area contributed by atoms with E-state index < -0.39 is 0 Å². The van der Waals surface area contributed by atoms with Crippen molar-refractivity contribution in [2.45, 2.75) is 32.1 Å². The summed E-state index contributed by atoms with van der Waals surface area (Å²) in [6, 6.07) is 8.69. The van der Waals surface area contributed by atoms with E-state index in [9.17, 15) is 0 Å². The first-order valence-electron chi connectivity index (χ1n) is 7.32. The van der Waals surface area contributed by atoms with E-state index in [-0.39, 0.29) is 0 Å². The summed E-state index contributed by atoms with van der Waals surface area (Å²) in [7, 11) is 0. The van der Waals surface area contributed by atoms with Crippen molar-refractivity contribution in [1.82, 2.24) is 5.32 Å². The molecule has 1 atom stereocenters. The zero-order chi connectivity index (χ0) is 12.2. The molecule has 1 saturated heterocycles. The molecule has 1 aliphatic carbocycles. The molecular weight excluding hydrogens is 222 g/mol. The van der Waals surface area contributed by atoms with Gasteiger partial charge in [0.2, 0.25) is 0 Å². The average molecular weight is 245 g/mol. The highest BCUT2D eigenvalue weighted by Gasteiger charge is 2.22. The summed E-state index contributed by atoms with van der Waals surface area (Å²) in [4.78, 5) is 0. The van der Waals surface area contributed by atoms with Gasteiger partial charge in [0.15, 0.2) is 0 Å². The number of rotatable bonds is 5. The minimum Gasteiger partial charge on any atom is -0.493 e. The maximum absolute atomic E-state index is 5.84. The third-order valence-corrected chi connectivity index (χ3v) is 4.00. The minimum atomic E-state index is 0.803. The Kier molecular flexibility index (Phi) is 3.84. The zero-order valence-corrected chi connectivity index (χ0v) is 11.0. The summed E-state index contributed by atoms with van der Waals surface area (Å²) in [5.41, 5.74) is 1.43. The van der Waals surface area contributed by atoms with Gasteiger partial charge >= 0.3 is 0 Å². The Labute approximate surface area is 110 Å². The van der Waals surface area contributed by atoms with E-state index >= 15 is 0 Å². The van der Waals surface area contributed by atoms with Gasteiger partial charge in [0.1, 0.15) is 5.75 Å². The van der Waals surface area contributed by atoms with E-state index in [0.717, 1.165) is 24.2 Å². The van der Waals surface area contributed by atoms with Gasteiger partial charge < -0.3 is 10.1 Å². The first-order valence-corrected chi connectivity index (χ1v) is 7.32. The quantitative estimate of drug-likeness (QED) is 0.861. The summed E-state index contributed by atoms with van der Waals surface area (Å²) in [5.74, 6) is 2.69. The highest BCUT2D eigenvalue weighted by atomic mass is 16.5. The van der Waals surface area contributed by atoms with Crippen molar-refractivity contribution in [3.63, 3.8) is 0 Å². The van der Waals surface area contributed by atoms with Gasteiger partial charge in [-0.25, -0.2) is 0 Å². The van der Waals surface area contributed by atoms with E-state index in [0.29, 0.717) is 0 Å². The molecule has 1 aliphatic heterocycles. The molecule has 2 nitrogen and oxygen atoms in total. The first-order chi connectivity index (χ1) is 8.90. The zero-order valence-electron chi connectivity index (χ0n) is 11.0. The highest BCUT2D eigenvalue weighted by molar-refractivity contribution is 5.29. The third kappa shape index (κ3) is 3.49. The van der Waals surface area contributed by atoms with E-state index in [2.05, 4.69) is 29.6 Å². The predicted octanol–water partition coefficient (Wildman–Crippen LogP) is 3.02. The Morgan fingerprint density at radius 3 is 2.89 bits per heavy atom. The molecule has 1 N–H and O–H groups in total. The summed E-state index contributed by atoms with van der Waals surface area (Å²) in [6.07, 6.45) is 6.58. The van der Waals surface area contributed by atoms with Gasteiger partial charge in [-0.3, -0.25) is 0 Å². The predicted molar refractivity (Wildman–Crippen MR) is 74.0 cm³/mol. The van der Waals surface area contributed by atoms with Crippen LogP contribution in [-0.4, -0.2) is 19.7 Å². The lowest BCUT2D eigenvalue weighted by molar-refractivity contribution is 0.299. The van der Waals surface area contributed by atoms with Gasteiger partial charge in [0, 0.05) is 0 Å². The number of nitrogens with one attached hydrogen (secondary N) is 1. The SMILES string of the molecule is c1cc(CC2CCCNC2)cc(OCC2CC2)c1. The molecule has 0 bridgehead atoms. The second kappa shape index (κ2) is 5.75. The molecular formula is C16H23NO. The number of hydrogen-bond donors (Lipinski definition) is 1. The molecule has 1 unspecified atom stereocenters. The standard InChI is InChI=1S/C16H23NO/c1-3-14(9-15-4-2-8-17-11-15)10-16(5-1)18-12-13-6-7-13/h1,3,5,10,13,15,17H,2,4,6-9,11-12H2. The van der Waals surface area contributed by atoms with Crippen LogP contribution in [0.15, 0.2) is 24.3 Å². The molecule has 3 rings (SSSR count). The number of piperidine rings is 1. The van der Waals surface area contributed by atoms with Gasteiger partial charge in [0.05, 0.1) is 6.61 Å². The van der Waals surface area contributed by atoms with Gasteiger partial charge in [-0.15, -0.1) is 0 Å². The Morgan fingerprint density at radius 1 is 1.17 bits per heavy atom. The van der Waals surface area contributed by atoms with Gasteiger partial charge in [-0.05, 0) is 74.7 Å². The van der Waals surface area contributed by atoms with Crippen molar-refractivity contribution < 1.29 is 4.74 Å². The van der Waals surface area contributed by atoms with Crippen LogP contribution in [-0.2, 0) is 6.42 Å². The Balaban J connectivity index is 1.55. The third-order valence-electron chi connectivity index (χ3n) is 4.00. The summed E-state index contributed by atoms with van der Waals surface area (Å²) < 4.78 is 5.84. The number of benzene rings is 1. The monoisotopic (exact) mass is 245 g/mol. The second-order valence-corrected chi connectivity index (χ2v) is 5.82. The molecule has 1 heterocycles. The summed E-state index contributed by atoms with van der Waals surface area (Å²) in [6.45, 7) is 3.28. The molecule has 0 spiro atoms. The van der Waals surface area contributed by atoms with Crippen molar-refractivity contribution in [2.75, 3.05) is 19.7 Å². The van der Waals surface area contributed by atoms with E-state index in [1.165, 1.54) is 50.8 Å². The first kappa shape index (κ1) is 12.0. The van der Waals surface area contributed by atoms with Crippen LogP contribution in [0.4, 0.5) is 0 Å². The maximum Gasteiger partial charge on any atom is 0.119 e.